The second-order valence-electron chi connectivity index (χ2n) is 5.78. The average molecular weight is 224 g/mol. The van der Waals surface area contributed by atoms with E-state index >= 15 is 0 Å². The maximum absolute atomic E-state index is 12.1. The van der Waals surface area contributed by atoms with Crippen molar-refractivity contribution in [3.8, 4) is 0 Å². The zero-order valence-electron chi connectivity index (χ0n) is 10.0. The van der Waals surface area contributed by atoms with Crippen LogP contribution < -0.4 is 0 Å². The lowest BCUT2D eigenvalue weighted by molar-refractivity contribution is -0.154. The normalized spacial score (nSPS) is 53.3. The predicted molar refractivity (Wildman–Crippen MR) is 58.6 cm³/mol. The van der Waals surface area contributed by atoms with Crippen molar-refractivity contribution in [1.29, 1.82) is 0 Å². The summed E-state index contributed by atoms with van der Waals surface area (Å²) in [5, 5.41) is 10.5. The highest BCUT2D eigenvalue weighted by Crippen LogP contribution is 2.85. The van der Waals surface area contributed by atoms with Gasteiger partial charge >= 0.3 is 5.97 Å². The van der Waals surface area contributed by atoms with Crippen LogP contribution in [-0.2, 0) is 9.53 Å². The predicted octanol–water partition coefficient (Wildman–Crippen LogP) is 1.74. The van der Waals surface area contributed by atoms with Gasteiger partial charge in [-0.25, -0.2) is 0 Å². The van der Waals surface area contributed by atoms with Gasteiger partial charge in [0, 0.05) is 0 Å². The Morgan fingerprint density at radius 3 is 2.94 bits per heavy atom. The van der Waals surface area contributed by atoms with E-state index in [1.54, 1.807) is 0 Å². The zero-order valence-corrected chi connectivity index (χ0v) is 10.0. The van der Waals surface area contributed by atoms with E-state index in [4.69, 9.17) is 4.74 Å². The van der Waals surface area contributed by atoms with Crippen LogP contribution in [0.1, 0.15) is 39.0 Å². The van der Waals surface area contributed by atoms with Crippen molar-refractivity contribution in [3.63, 3.8) is 0 Å². The Labute approximate surface area is 96.2 Å². The molecule has 0 radical (unpaired) electrons. The van der Waals surface area contributed by atoms with Crippen molar-refractivity contribution in [1.82, 2.24) is 0 Å². The van der Waals surface area contributed by atoms with Gasteiger partial charge in [-0.1, -0.05) is 19.8 Å². The standard InChI is InChI=1S/C13H20O3/c1-3-8-7-12-6-4-5-9(12)13(12,10(8)14)11(15)16-2/h8-10,14H,3-7H2,1-2H3. The zero-order chi connectivity index (χ0) is 11.6. The monoisotopic (exact) mass is 224 g/mol. The molecule has 0 saturated heterocycles. The molecule has 3 saturated carbocycles. The Bertz CT molecular complexity index is 340. The van der Waals surface area contributed by atoms with Crippen molar-refractivity contribution in [2.75, 3.05) is 7.11 Å². The van der Waals surface area contributed by atoms with Gasteiger partial charge in [0.15, 0.2) is 0 Å². The number of hydrogen-bond acceptors (Lipinski definition) is 3. The third-order valence-corrected chi connectivity index (χ3v) is 5.66. The molecule has 0 amide bonds. The average Bonchev–Trinajstić information content (AvgIpc) is 2.63. The number of hydrogen-bond donors (Lipinski definition) is 1. The van der Waals surface area contributed by atoms with E-state index in [0.29, 0.717) is 11.8 Å². The Morgan fingerprint density at radius 1 is 1.56 bits per heavy atom. The summed E-state index contributed by atoms with van der Waals surface area (Å²) < 4.78 is 4.97. The van der Waals surface area contributed by atoms with Crippen LogP contribution in [0.2, 0.25) is 0 Å². The van der Waals surface area contributed by atoms with Crippen molar-refractivity contribution in [2.45, 2.75) is 45.1 Å². The number of methoxy groups -OCH3 is 1. The lowest BCUT2D eigenvalue weighted by Gasteiger charge is -2.24. The Morgan fingerprint density at radius 2 is 2.31 bits per heavy atom. The fourth-order valence-corrected chi connectivity index (χ4v) is 5.09. The van der Waals surface area contributed by atoms with Crippen LogP contribution in [0.4, 0.5) is 0 Å². The molecular weight excluding hydrogens is 204 g/mol. The molecule has 16 heavy (non-hydrogen) atoms. The van der Waals surface area contributed by atoms with Gasteiger partial charge in [0.2, 0.25) is 0 Å². The number of rotatable bonds is 2. The van der Waals surface area contributed by atoms with E-state index < -0.39 is 11.5 Å². The molecular formula is C13H20O3. The molecule has 0 aromatic rings. The number of carbonyl (C=O) groups excluding carboxylic acids is 1. The van der Waals surface area contributed by atoms with E-state index in [2.05, 4.69) is 6.92 Å². The van der Waals surface area contributed by atoms with Gasteiger partial charge in [-0.05, 0) is 36.5 Å². The molecule has 1 spiro atoms. The molecule has 3 nitrogen and oxygen atoms in total. The summed E-state index contributed by atoms with van der Waals surface area (Å²) in [6, 6.07) is 0. The van der Waals surface area contributed by atoms with Gasteiger partial charge in [0.1, 0.15) is 5.41 Å². The van der Waals surface area contributed by atoms with Crippen molar-refractivity contribution in [2.24, 2.45) is 22.7 Å². The number of aliphatic hydroxyl groups is 1. The first-order chi connectivity index (χ1) is 7.65. The third-order valence-electron chi connectivity index (χ3n) is 5.66. The molecule has 0 bridgehead atoms. The molecule has 0 heterocycles. The summed E-state index contributed by atoms with van der Waals surface area (Å²) in [7, 11) is 1.45. The molecule has 0 aliphatic heterocycles. The first-order valence-corrected chi connectivity index (χ1v) is 6.41. The molecule has 3 aliphatic carbocycles. The minimum atomic E-state index is -0.513. The summed E-state index contributed by atoms with van der Waals surface area (Å²) in [4.78, 5) is 12.1. The minimum absolute atomic E-state index is 0.111. The fourth-order valence-electron chi connectivity index (χ4n) is 5.09. The SMILES string of the molecule is CCC1CC23CCCC2C3(C(=O)OC)C1O. The minimum Gasteiger partial charge on any atom is -0.468 e. The summed E-state index contributed by atoms with van der Waals surface area (Å²) in [5.41, 5.74) is -0.402. The summed E-state index contributed by atoms with van der Waals surface area (Å²) in [5.74, 6) is 0.555. The van der Waals surface area contributed by atoms with E-state index in [0.717, 1.165) is 25.7 Å². The third kappa shape index (κ3) is 0.816. The highest BCUT2D eigenvalue weighted by molar-refractivity contribution is 5.85. The maximum Gasteiger partial charge on any atom is 0.315 e. The smallest absolute Gasteiger partial charge is 0.315 e. The number of ether oxygens (including phenoxy) is 1. The van der Waals surface area contributed by atoms with Crippen LogP contribution >= 0.6 is 0 Å². The summed E-state index contributed by atoms with van der Waals surface area (Å²) in [6.07, 6.45) is 4.96. The van der Waals surface area contributed by atoms with Crippen LogP contribution in [0.3, 0.4) is 0 Å². The molecule has 3 fully saturated rings. The van der Waals surface area contributed by atoms with Crippen LogP contribution in [0, 0.1) is 22.7 Å². The highest BCUT2D eigenvalue weighted by Gasteiger charge is 2.88. The lowest BCUT2D eigenvalue weighted by atomic mass is 9.87. The summed E-state index contributed by atoms with van der Waals surface area (Å²) in [6.45, 7) is 2.10. The van der Waals surface area contributed by atoms with Gasteiger partial charge in [-0.15, -0.1) is 0 Å². The highest BCUT2D eigenvalue weighted by atomic mass is 16.5. The van der Waals surface area contributed by atoms with E-state index in [9.17, 15) is 9.90 Å². The van der Waals surface area contributed by atoms with Crippen LogP contribution in [-0.4, -0.2) is 24.3 Å². The molecule has 3 rings (SSSR count). The van der Waals surface area contributed by atoms with Gasteiger partial charge in [-0.2, -0.15) is 0 Å². The Kier molecular flexibility index (Phi) is 1.99. The number of fused-ring (bicyclic) bond motifs is 1. The molecule has 0 aromatic heterocycles. The van der Waals surface area contributed by atoms with Gasteiger partial charge in [-0.3, -0.25) is 4.79 Å². The van der Waals surface area contributed by atoms with Gasteiger partial charge in [0.25, 0.3) is 0 Å². The first-order valence-electron chi connectivity index (χ1n) is 6.41. The number of carbonyl (C=O) groups is 1. The first kappa shape index (κ1) is 10.6. The van der Waals surface area contributed by atoms with Crippen molar-refractivity contribution < 1.29 is 14.6 Å². The van der Waals surface area contributed by atoms with Crippen LogP contribution in [0.25, 0.3) is 0 Å². The maximum atomic E-state index is 12.1. The summed E-state index contributed by atoms with van der Waals surface area (Å²) >= 11 is 0. The van der Waals surface area contributed by atoms with E-state index in [1.165, 1.54) is 13.5 Å². The lowest BCUT2D eigenvalue weighted by Crippen LogP contribution is -2.36. The molecule has 0 aromatic carbocycles. The molecule has 3 aliphatic rings. The number of aliphatic hydroxyl groups excluding tert-OH is 1. The number of esters is 1. The molecule has 5 atom stereocenters. The second-order valence-corrected chi connectivity index (χ2v) is 5.78. The molecule has 3 heteroatoms. The molecule has 1 N–H and O–H groups in total. The molecule has 5 unspecified atom stereocenters. The second kappa shape index (κ2) is 3.00. The topological polar surface area (TPSA) is 46.5 Å². The van der Waals surface area contributed by atoms with Crippen molar-refractivity contribution in [3.05, 3.63) is 0 Å². The van der Waals surface area contributed by atoms with E-state index in [1.807, 2.05) is 0 Å². The Balaban J connectivity index is 1.99. The van der Waals surface area contributed by atoms with Gasteiger partial charge < -0.3 is 9.84 Å². The van der Waals surface area contributed by atoms with Crippen LogP contribution in [0.15, 0.2) is 0 Å². The van der Waals surface area contributed by atoms with Gasteiger partial charge in [0.05, 0.1) is 13.2 Å². The quantitative estimate of drug-likeness (QED) is 0.727. The van der Waals surface area contributed by atoms with Crippen molar-refractivity contribution >= 4 is 5.97 Å². The Hall–Kier alpha value is -0.570. The largest absolute Gasteiger partial charge is 0.468 e. The fraction of sp³-hybridized carbons (Fsp3) is 0.923. The van der Waals surface area contributed by atoms with E-state index in [-0.39, 0.29) is 11.4 Å². The van der Waals surface area contributed by atoms with Crippen LogP contribution in [0.5, 0.6) is 0 Å². The molecule has 90 valence electrons.